The van der Waals surface area contributed by atoms with Crippen molar-refractivity contribution in [2.24, 2.45) is 12.5 Å². The van der Waals surface area contributed by atoms with Crippen LogP contribution in [0.15, 0.2) is 30.5 Å². The number of halogens is 1. The van der Waals surface area contributed by atoms with Crippen LogP contribution in [0.3, 0.4) is 0 Å². The lowest BCUT2D eigenvalue weighted by atomic mass is 9.72. The van der Waals surface area contributed by atoms with Gasteiger partial charge in [0.25, 0.3) is 5.91 Å². The monoisotopic (exact) mass is 657 g/mol. The number of hydrogen-bond donors (Lipinski definition) is 2. The minimum atomic E-state index is -1.09. The third-order valence-corrected chi connectivity index (χ3v) is 10.7. The molecule has 1 amide bonds. The summed E-state index contributed by atoms with van der Waals surface area (Å²) in [7, 11) is 4.00. The van der Waals surface area contributed by atoms with E-state index in [4.69, 9.17) is 4.98 Å². The van der Waals surface area contributed by atoms with Gasteiger partial charge in [-0.05, 0) is 103 Å². The zero-order valence-corrected chi connectivity index (χ0v) is 29.1. The summed E-state index contributed by atoms with van der Waals surface area (Å²) in [6.07, 6.45) is 6.45. The fraction of sp³-hybridized carbons (Fsp3) is 0.556. The minimum Gasteiger partial charge on any atom is -0.389 e. The SMILES string of the molecule is Cc1cc(C(=O)Nc2nc3ccc(N4CCC(N5CCC6(CC5)CN(C)C6)CC4)cc3n2CC(C)(C)O)c(F)c(-c2cnn(C)c2C)n1. The van der Waals surface area contributed by atoms with Crippen LogP contribution in [0.5, 0.6) is 0 Å². The lowest BCUT2D eigenvalue weighted by molar-refractivity contribution is -0.0419. The zero-order chi connectivity index (χ0) is 34.0. The number of fused-ring (bicyclic) bond motifs is 1. The first-order valence-electron chi connectivity index (χ1n) is 17.2. The maximum atomic E-state index is 15.9. The molecular weight excluding hydrogens is 609 g/mol. The van der Waals surface area contributed by atoms with Gasteiger partial charge in [-0.2, -0.15) is 5.10 Å². The number of rotatable bonds is 7. The number of aliphatic hydroxyl groups is 1. The molecule has 3 fully saturated rings. The van der Waals surface area contributed by atoms with E-state index >= 15 is 4.39 Å². The standard InChI is InChI=1S/C36H48FN9O2/c1-23-17-27(31(37)32(39-23)28-19-38-43(6)24(28)2)33(47)41-34-40-29-8-7-26(18-30(29)46(34)20-35(3,4)48)44-13-9-25(10-14-44)45-15-11-36(12-16-45)21-42(5)22-36/h7-8,17-19,25,48H,9-16,20-22H2,1-6H3,(H,40,41,47). The van der Waals surface area contributed by atoms with Crippen molar-refractivity contribution < 1.29 is 14.3 Å². The van der Waals surface area contributed by atoms with Crippen LogP contribution in [0.2, 0.25) is 0 Å². The summed E-state index contributed by atoms with van der Waals surface area (Å²) in [6, 6.07) is 8.22. The van der Waals surface area contributed by atoms with Crippen LogP contribution >= 0.6 is 0 Å². The number of nitrogens with one attached hydrogen (secondary N) is 1. The fourth-order valence-electron chi connectivity index (χ4n) is 8.12. The van der Waals surface area contributed by atoms with Crippen molar-refractivity contribution in [2.45, 2.75) is 71.6 Å². The molecule has 3 aliphatic rings. The van der Waals surface area contributed by atoms with Gasteiger partial charge in [-0.15, -0.1) is 0 Å². The zero-order valence-electron chi connectivity index (χ0n) is 29.1. The molecule has 2 N–H and O–H groups in total. The molecule has 4 aromatic rings. The van der Waals surface area contributed by atoms with Gasteiger partial charge < -0.3 is 24.4 Å². The summed E-state index contributed by atoms with van der Waals surface area (Å²) < 4.78 is 19.4. The summed E-state index contributed by atoms with van der Waals surface area (Å²) in [5, 5.41) is 17.9. The van der Waals surface area contributed by atoms with E-state index in [0.717, 1.165) is 42.8 Å². The maximum Gasteiger partial charge on any atom is 0.261 e. The van der Waals surface area contributed by atoms with Crippen LogP contribution in [0.1, 0.15) is 61.3 Å². The van der Waals surface area contributed by atoms with Gasteiger partial charge in [-0.3, -0.25) is 14.8 Å². The molecule has 0 radical (unpaired) electrons. The Hall–Kier alpha value is -3.87. The predicted molar refractivity (Wildman–Crippen MR) is 186 cm³/mol. The van der Waals surface area contributed by atoms with Crippen LogP contribution in [-0.2, 0) is 13.6 Å². The lowest BCUT2D eigenvalue weighted by Crippen LogP contribution is -2.60. The van der Waals surface area contributed by atoms with Crippen molar-refractivity contribution in [1.29, 1.82) is 0 Å². The number of hydrogen-bond acceptors (Lipinski definition) is 8. The predicted octanol–water partition coefficient (Wildman–Crippen LogP) is 4.61. The second-order valence-electron chi connectivity index (χ2n) is 15.1. The number of imidazole rings is 1. The Kier molecular flexibility index (Phi) is 8.32. The van der Waals surface area contributed by atoms with Gasteiger partial charge in [0, 0.05) is 61.9 Å². The molecule has 0 bridgehead atoms. The average molecular weight is 658 g/mol. The molecule has 1 aromatic carbocycles. The van der Waals surface area contributed by atoms with Crippen molar-refractivity contribution in [1.82, 2.24) is 34.1 Å². The number of benzene rings is 1. The van der Waals surface area contributed by atoms with Crippen LogP contribution in [0, 0.1) is 25.1 Å². The van der Waals surface area contributed by atoms with Crippen molar-refractivity contribution in [3.8, 4) is 11.3 Å². The second-order valence-corrected chi connectivity index (χ2v) is 15.1. The lowest BCUT2D eigenvalue weighted by Gasteiger charge is -2.54. The molecule has 3 saturated heterocycles. The van der Waals surface area contributed by atoms with Crippen molar-refractivity contribution in [3.63, 3.8) is 0 Å². The molecule has 256 valence electrons. The van der Waals surface area contributed by atoms with E-state index in [1.54, 1.807) is 38.7 Å². The number of aryl methyl sites for hydroxylation is 2. The molecule has 0 aliphatic carbocycles. The van der Waals surface area contributed by atoms with Crippen molar-refractivity contribution in [2.75, 3.05) is 56.5 Å². The van der Waals surface area contributed by atoms with Gasteiger partial charge in [0.15, 0.2) is 5.82 Å². The van der Waals surface area contributed by atoms with Gasteiger partial charge in [0.05, 0.1) is 34.9 Å². The molecular formula is C36H48FN9O2. The van der Waals surface area contributed by atoms with E-state index in [1.807, 2.05) is 17.6 Å². The molecule has 0 atom stereocenters. The number of amides is 1. The van der Waals surface area contributed by atoms with Crippen LogP contribution in [0.25, 0.3) is 22.3 Å². The van der Waals surface area contributed by atoms with Crippen molar-refractivity contribution in [3.05, 3.63) is 53.2 Å². The van der Waals surface area contributed by atoms with Gasteiger partial charge in [-0.25, -0.2) is 14.4 Å². The average Bonchev–Trinajstić information content (AvgIpc) is 3.54. The summed E-state index contributed by atoms with van der Waals surface area (Å²) >= 11 is 0. The first-order valence-corrected chi connectivity index (χ1v) is 17.2. The molecule has 12 heteroatoms. The Morgan fingerprint density at radius 1 is 1.06 bits per heavy atom. The van der Waals surface area contributed by atoms with E-state index in [2.05, 4.69) is 49.3 Å². The Labute approximate surface area is 281 Å². The van der Waals surface area contributed by atoms with Gasteiger partial charge in [0.1, 0.15) is 5.69 Å². The molecule has 0 unspecified atom stereocenters. The largest absolute Gasteiger partial charge is 0.389 e. The highest BCUT2D eigenvalue weighted by molar-refractivity contribution is 6.05. The van der Waals surface area contributed by atoms with E-state index in [-0.39, 0.29) is 23.8 Å². The van der Waals surface area contributed by atoms with Crippen LogP contribution in [0.4, 0.5) is 16.0 Å². The van der Waals surface area contributed by atoms with E-state index in [1.165, 1.54) is 45.1 Å². The first-order chi connectivity index (χ1) is 22.8. The molecule has 7 rings (SSSR count). The molecule has 6 heterocycles. The minimum absolute atomic E-state index is 0.0829. The van der Waals surface area contributed by atoms with Crippen LogP contribution < -0.4 is 10.2 Å². The van der Waals surface area contributed by atoms with Gasteiger partial charge in [-0.1, -0.05) is 0 Å². The highest BCUT2D eigenvalue weighted by atomic mass is 19.1. The number of anilines is 2. The van der Waals surface area contributed by atoms with E-state index in [9.17, 15) is 9.90 Å². The normalized spacial score (nSPS) is 19.3. The molecule has 3 aliphatic heterocycles. The van der Waals surface area contributed by atoms with E-state index in [0.29, 0.717) is 28.2 Å². The van der Waals surface area contributed by atoms with Crippen LogP contribution in [-0.4, -0.2) is 103 Å². The summed E-state index contributed by atoms with van der Waals surface area (Å²) in [4.78, 5) is 30.4. The Morgan fingerprint density at radius 2 is 1.77 bits per heavy atom. The Balaban J connectivity index is 1.10. The molecule has 3 aromatic heterocycles. The molecule has 48 heavy (non-hydrogen) atoms. The fourth-order valence-corrected chi connectivity index (χ4v) is 8.12. The summed E-state index contributed by atoms with van der Waals surface area (Å²) in [6.45, 7) is 14.1. The topological polar surface area (TPSA) is 108 Å². The molecule has 11 nitrogen and oxygen atoms in total. The molecule has 1 spiro atoms. The highest BCUT2D eigenvalue weighted by Crippen LogP contribution is 2.41. The number of likely N-dealkylation sites (tertiary alicyclic amines) is 2. The molecule has 0 saturated carbocycles. The number of carbonyl (C=O) groups is 1. The number of pyridine rings is 1. The van der Waals surface area contributed by atoms with Crippen molar-refractivity contribution >= 4 is 28.6 Å². The van der Waals surface area contributed by atoms with E-state index < -0.39 is 17.3 Å². The maximum absolute atomic E-state index is 15.9. The smallest absolute Gasteiger partial charge is 0.261 e. The van der Waals surface area contributed by atoms with Gasteiger partial charge >= 0.3 is 0 Å². The highest BCUT2D eigenvalue weighted by Gasteiger charge is 2.44. The quantitative estimate of drug-likeness (QED) is 0.297. The Bertz CT molecular complexity index is 1830. The number of nitrogens with zero attached hydrogens (tertiary/aromatic N) is 8. The van der Waals surface area contributed by atoms with Gasteiger partial charge in [0.2, 0.25) is 5.95 Å². The summed E-state index contributed by atoms with van der Waals surface area (Å²) in [5.41, 5.74) is 3.80. The number of piperidine rings is 2. The summed E-state index contributed by atoms with van der Waals surface area (Å²) in [5.74, 6) is -1.10. The third kappa shape index (κ3) is 6.21. The first kappa shape index (κ1) is 32.7. The third-order valence-electron chi connectivity index (χ3n) is 10.7. The number of carbonyl (C=O) groups excluding carboxylic acids is 1. The Morgan fingerprint density at radius 3 is 2.40 bits per heavy atom. The second kappa shape index (κ2) is 12.2. The number of aromatic nitrogens is 5.